The van der Waals surface area contributed by atoms with E-state index in [9.17, 15) is 14.0 Å². The van der Waals surface area contributed by atoms with E-state index in [4.69, 9.17) is 16.3 Å². The van der Waals surface area contributed by atoms with Crippen molar-refractivity contribution < 1.29 is 18.7 Å². The number of hydrogen-bond acceptors (Lipinski definition) is 3. The van der Waals surface area contributed by atoms with Gasteiger partial charge in [0.05, 0.1) is 11.4 Å². The number of halogens is 2. The first-order valence-corrected chi connectivity index (χ1v) is 7.58. The molecule has 0 aliphatic carbocycles. The lowest BCUT2D eigenvalue weighted by molar-refractivity contribution is -0.132. The van der Waals surface area contributed by atoms with Crippen LogP contribution in [-0.4, -0.2) is 17.9 Å². The number of carbonyl (C=O) groups is 2. The maximum absolute atomic E-state index is 12.8. The van der Waals surface area contributed by atoms with Gasteiger partial charge < -0.3 is 4.74 Å². The fourth-order valence-corrected chi connectivity index (χ4v) is 2.03. The first kappa shape index (κ1) is 17.7. The molecule has 0 radical (unpaired) electrons. The Morgan fingerprint density at radius 3 is 2.46 bits per heavy atom. The fraction of sp³-hybridized carbons (Fsp3) is 0.176. The largest absolute Gasteiger partial charge is 0.479 e. The summed E-state index contributed by atoms with van der Waals surface area (Å²) >= 11 is 5.95. The smallest absolute Gasteiger partial charge is 0.279 e. The third-order valence-corrected chi connectivity index (χ3v) is 3.42. The molecule has 1 atom stereocenters. The first-order valence-electron chi connectivity index (χ1n) is 7.20. The van der Waals surface area contributed by atoms with Gasteiger partial charge in [0, 0.05) is 0 Å². The van der Waals surface area contributed by atoms with Crippen LogP contribution in [0.1, 0.15) is 12.5 Å². The van der Waals surface area contributed by atoms with Crippen LogP contribution in [0.25, 0.3) is 0 Å². The van der Waals surface area contributed by atoms with Crippen molar-refractivity contribution in [1.29, 1.82) is 0 Å². The molecule has 5 nitrogen and oxygen atoms in total. The Bertz CT molecular complexity index is 722. The van der Waals surface area contributed by atoms with Crippen molar-refractivity contribution in [1.82, 2.24) is 10.9 Å². The number of hydrogen-bond donors (Lipinski definition) is 2. The van der Waals surface area contributed by atoms with E-state index in [1.807, 2.05) is 0 Å². The molecule has 0 spiro atoms. The highest BCUT2D eigenvalue weighted by Crippen LogP contribution is 2.24. The van der Waals surface area contributed by atoms with Gasteiger partial charge in [-0.05, 0) is 36.8 Å². The Morgan fingerprint density at radius 2 is 1.79 bits per heavy atom. The molecule has 2 N–H and O–H groups in total. The second kappa shape index (κ2) is 8.31. The topological polar surface area (TPSA) is 67.4 Å². The Morgan fingerprint density at radius 1 is 1.12 bits per heavy atom. The van der Waals surface area contributed by atoms with E-state index < -0.39 is 17.9 Å². The normalized spacial score (nSPS) is 11.5. The zero-order valence-electron chi connectivity index (χ0n) is 12.9. The van der Waals surface area contributed by atoms with Gasteiger partial charge >= 0.3 is 0 Å². The molecule has 2 amide bonds. The second-order valence-corrected chi connectivity index (χ2v) is 5.44. The van der Waals surface area contributed by atoms with Crippen molar-refractivity contribution in [3.05, 3.63) is 64.9 Å². The van der Waals surface area contributed by atoms with E-state index in [1.165, 1.54) is 31.2 Å². The van der Waals surface area contributed by atoms with Crippen LogP contribution in [-0.2, 0) is 16.0 Å². The van der Waals surface area contributed by atoms with E-state index in [0.717, 1.165) is 0 Å². The lowest BCUT2D eigenvalue weighted by Crippen LogP contribution is -2.47. The fourth-order valence-electron chi connectivity index (χ4n) is 1.85. The number of carbonyl (C=O) groups excluding carboxylic acids is 2. The number of nitrogens with one attached hydrogen (secondary N) is 2. The van der Waals surface area contributed by atoms with E-state index in [1.54, 1.807) is 24.3 Å². The van der Waals surface area contributed by atoms with E-state index in [-0.39, 0.29) is 12.2 Å². The Kier molecular flexibility index (Phi) is 6.14. The number of benzene rings is 2. The summed E-state index contributed by atoms with van der Waals surface area (Å²) in [7, 11) is 0. The number of rotatable bonds is 5. The number of ether oxygens (including phenoxy) is 1. The molecule has 126 valence electrons. The van der Waals surface area contributed by atoms with Gasteiger partial charge in [-0.1, -0.05) is 35.9 Å². The van der Waals surface area contributed by atoms with Crippen LogP contribution in [0.15, 0.2) is 48.5 Å². The molecule has 2 rings (SSSR count). The molecule has 2 aromatic rings. The highest BCUT2D eigenvalue weighted by Gasteiger charge is 2.16. The zero-order valence-corrected chi connectivity index (χ0v) is 13.6. The maximum atomic E-state index is 12.8. The summed E-state index contributed by atoms with van der Waals surface area (Å²) in [6.07, 6.45) is -0.837. The monoisotopic (exact) mass is 350 g/mol. The third kappa shape index (κ3) is 5.24. The predicted molar refractivity (Wildman–Crippen MR) is 87.9 cm³/mol. The molecule has 0 saturated carbocycles. The Labute approximate surface area is 143 Å². The number of amides is 2. The summed E-state index contributed by atoms with van der Waals surface area (Å²) in [4.78, 5) is 23.7. The highest BCUT2D eigenvalue weighted by molar-refractivity contribution is 6.32. The van der Waals surface area contributed by atoms with Gasteiger partial charge in [0.1, 0.15) is 11.6 Å². The summed E-state index contributed by atoms with van der Waals surface area (Å²) in [5.74, 6) is -0.959. The quantitative estimate of drug-likeness (QED) is 0.815. The molecular formula is C17H16ClFN2O3. The minimum absolute atomic E-state index is 0.0142. The van der Waals surface area contributed by atoms with Crippen molar-refractivity contribution in [2.75, 3.05) is 0 Å². The lowest BCUT2D eigenvalue weighted by Gasteiger charge is -2.15. The molecule has 0 fully saturated rings. The SMILES string of the molecule is CC(Oc1ccccc1Cl)C(=O)NNC(=O)Cc1ccc(F)cc1. The van der Waals surface area contributed by atoms with Gasteiger partial charge in [0.2, 0.25) is 5.91 Å². The van der Waals surface area contributed by atoms with Crippen molar-refractivity contribution >= 4 is 23.4 Å². The average Bonchev–Trinajstić information content (AvgIpc) is 2.56. The van der Waals surface area contributed by atoms with Gasteiger partial charge in [-0.15, -0.1) is 0 Å². The van der Waals surface area contributed by atoms with Crippen LogP contribution in [0.3, 0.4) is 0 Å². The molecule has 0 bridgehead atoms. The van der Waals surface area contributed by atoms with Crippen LogP contribution >= 0.6 is 11.6 Å². The second-order valence-electron chi connectivity index (χ2n) is 5.03. The summed E-state index contributed by atoms with van der Waals surface area (Å²) in [6, 6.07) is 12.3. The molecule has 0 heterocycles. The zero-order chi connectivity index (χ0) is 17.5. The molecule has 0 aromatic heterocycles. The van der Waals surface area contributed by atoms with E-state index in [0.29, 0.717) is 16.3 Å². The molecule has 2 aromatic carbocycles. The van der Waals surface area contributed by atoms with Gasteiger partial charge in [0.25, 0.3) is 5.91 Å². The molecule has 0 aliphatic rings. The summed E-state index contributed by atoms with van der Waals surface area (Å²) in [5.41, 5.74) is 5.18. The van der Waals surface area contributed by atoms with Crippen LogP contribution in [0.5, 0.6) is 5.75 Å². The molecular weight excluding hydrogens is 335 g/mol. The first-order chi connectivity index (χ1) is 11.5. The van der Waals surface area contributed by atoms with Gasteiger partial charge in [-0.25, -0.2) is 4.39 Å². The predicted octanol–water partition coefficient (Wildman–Crippen LogP) is 2.64. The Hall–Kier alpha value is -2.60. The molecule has 0 aliphatic heterocycles. The molecule has 24 heavy (non-hydrogen) atoms. The van der Waals surface area contributed by atoms with Crippen LogP contribution < -0.4 is 15.6 Å². The van der Waals surface area contributed by atoms with Crippen molar-refractivity contribution in [3.63, 3.8) is 0 Å². The summed E-state index contributed by atoms with van der Waals surface area (Å²) < 4.78 is 18.2. The standard InChI is InChI=1S/C17H16ClFN2O3/c1-11(24-15-5-3-2-4-14(15)18)17(23)21-20-16(22)10-12-6-8-13(19)9-7-12/h2-9,11H,10H2,1H3,(H,20,22)(H,21,23). The highest BCUT2D eigenvalue weighted by atomic mass is 35.5. The van der Waals surface area contributed by atoms with Crippen molar-refractivity contribution in [2.24, 2.45) is 0 Å². The van der Waals surface area contributed by atoms with E-state index >= 15 is 0 Å². The van der Waals surface area contributed by atoms with E-state index in [2.05, 4.69) is 10.9 Å². The van der Waals surface area contributed by atoms with Gasteiger partial charge in [-0.2, -0.15) is 0 Å². The van der Waals surface area contributed by atoms with Gasteiger partial charge in [0.15, 0.2) is 6.10 Å². The molecule has 7 heteroatoms. The van der Waals surface area contributed by atoms with Crippen LogP contribution in [0.4, 0.5) is 4.39 Å². The third-order valence-electron chi connectivity index (χ3n) is 3.11. The minimum Gasteiger partial charge on any atom is -0.479 e. The number of para-hydroxylation sites is 1. The minimum atomic E-state index is -0.851. The lowest BCUT2D eigenvalue weighted by atomic mass is 10.1. The number of hydrazine groups is 1. The molecule has 0 saturated heterocycles. The summed E-state index contributed by atoms with van der Waals surface area (Å²) in [5, 5.41) is 0.387. The Balaban J connectivity index is 1.80. The average molecular weight is 351 g/mol. The van der Waals surface area contributed by atoms with Gasteiger partial charge in [-0.3, -0.25) is 20.4 Å². The van der Waals surface area contributed by atoms with Crippen LogP contribution in [0.2, 0.25) is 5.02 Å². The van der Waals surface area contributed by atoms with Crippen molar-refractivity contribution in [3.8, 4) is 5.75 Å². The van der Waals surface area contributed by atoms with Crippen molar-refractivity contribution in [2.45, 2.75) is 19.4 Å². The molecule has 1 unspecified atom stereocenters. The summed E-state index contributed by atoms with van der Waals surface area (Å²) in [6.45, 7) is 1.53. The van der Waals surface area contributed by atoms with Crippen LogP contribution in [0, 0.1) is 5.82 Å². The maximum Gasteiger partial charge on any atom is 0.279 e.